The van der Waals surface area contributed by atoms with Gasteiger partial charge in [0.2, 0.25) is 5.28 Å². The molecule has 7 heteroatoms. The monoisotopic (exact) mass is 304 g/mol. The molecule has 0 spiro atoms. The predicted molar refractivity (Wildman–Crippen MR) is 77.4 cm³/mol. The highest BCUT2D eigenvalue weighted by Crippen LogP contribution is 2.46. The molecule has 20 heavy (non-hydrogen) atoms. The molecule has 1 aliphatic rings. The maximum atomic E-state index is 12.1. The normalized spacial score (nSPS) is 14.8. The molecule has 3 heterocycles. The quantitative estimate of drug-likeness (QED) is 0.683. The molecule has 5 nitrogen and oxygen atoms in total. The highest BCUT2D eigenvalue weighted by atomic mass is 35.5. The lowest BCUT2D eigenvalue weighted by atomic mass is 10.2. The molecule has 0 atom stereocenters. The molecule has 1 aliphatic carbocycles. The van der Waals surface area contributed by atoms with Gasteiger partial charge in [0.25, 0.3) is 5.56 Å². The minimum absolute atomic E-state index is 0.0421. The van der Waals surface area contributed by atoms with Crippen LogP contribution in [-0.2, 0) is 0 Å². The van der Waals surface area contributed by atoms with Crippen LogP contribution in [0.3, 0.4) is 0 Å². The van der Waals surface area contributed by atoms with Crippen molar-refractivity contribution in [3.8, 4) is 10.6 Å². The maximum Gasteiger partial charge on any atom is 0.258 e. The molecule has 3 aromatic rings. The van der Waals surface area contributed by atoms with Crippen molar-refractivity contribution in [2.24, 2.45) is 0 Å². The Morgan fingerprint density at radius 2 is 2.05 bits per heavy atom. The molecule has 0 saturated heterocycles. The Morgan fingerprint density at radius 3 is 2.80 bits per heavy atom. The second-order valence-corrected chi connectivity index (χ2v) is 6.02. The molecule has 100 valence electrons. The van der Waals surface area contributed by atoms with Crippen LogP contribution < -0.4 is 5.56 Å². The van der Waals surface area contributed by atoms with Gasteiger partial charge in [-0.05, 0) is 30.5 Å². The zero-order chi connectivity index (χ0) is 13.7. The molecule has 1 saturated carbocycles. The van der Waals surface area contributed by atoms with Gasteiger partial charge in [-0.3, -0.25) is 9.20 Å². The molecule has 1 fully saturated rings. The summed E-state index contributed by atoms with van der Waals surface area (Å²) in [5.74, 6) is 0.411. The molecule has 0 N–H and O–H groups in total. The lowest BCUT2D eigenvalue weighted by Crippen LogP contribution is -2.13. The summed E-state index contributed by atoms with van der Waals surface area (Å²) < 4.78 is 1.70. The van der Waals surface area contributed by atoms with E-state index in [0.717, 1.165) is 29.1 Å². The van der Waals surface area contributed by atoms with Crippen LogP contribution in [0.4, 0.5) is 0 Å². The fourth-order valence-electron chi connectivity index (χ4n) is 2.30. The molecule has 0 aromatic carbocycles. The third kappa shape index (κ3) is 1.83. The SMILES string of the molecule is O=c1ccnc2sc(-c3ccnc(Cl)n3)c(C3CC3)n12. The van der Waals surface area contributed by atoms with Gasteiger partial charge in [-0.15, -0.1) is 0 Å². The van der Waals surface area contributed by atoms with E-state index in [-0.39, 0.29) is 10.8 Å². The molecule has 0 radical (unpaired) electrons. The first-order chi connectivity index (χ1) is 9.74. The first-order valence-electron chi connectivity index (χ1n) is 6.23. The minimum Gasteiger partial charge on any atom is -0.269 e. The molecule has 0 aliphatic heterocycles. The average Bonchev–Trinajstić information content (AvgIpc) is 3.19. The van der Waals surface area contributed by atoms with Crippen molar-refractivity contribution >= 4 is 27.9 Å². The number of hydrogen-bond acceptors (Lipinski definition) is 5. The number of nitrogens with zero attached hydrogens (tertiary/aromatic N) is 4. The summed E-state index contributed by atoms with van der Waals surface area (Å²) in [4.78, 5) is 26.2. The minimum atomic E-state index is -0.0421. The lowest BCUT2D eigenvalue weighted by molar-refractivity contribution is 0.938. The highest BCUT2D eigenvalue weighted by Gasteiger charge is 2.32. The van der Waals surface area contributed by atoms with Crippen molar-refractivity contribution in [2.75, 3.05) is 0 Å². The highest BCUT2D eigenvalue weighted by molar-refractivity contribution is 7.20. The largest absolute Gasteiger partial charge is 0.269 e. The lowest BCUT2D eigenvalue weighted by Gasteiger charge is -2.02. The van der Waals surface area contributed by atoms with E-state index in [1.165, 1.54) is 17.4 Å². The number of aromatic nitrogens is 4. The molecular formula is C13H9ClN4OS. The Morgan fingerprint density at radius 1 is 1.25 bits per heavy atom. The summed E-state index contributed by atoms with van der Waals surface area (Å²) in [7, 11) is 0. The van der Waals surface area contributed by atoms with Gasteiger partial charge < -0.3 is 0 Å². The first kappa shape index (κ1) is 12.0. The van der Waals surface area contributed by atoms with Crippen molar-refractivity contribution in [1.29, 1.82) is 0 Å². The standard InChI is InChI=1S/C13H9ClN4OS/c14-12-15-5-3-8(17-12)11-10(7-1-2-7)18-9(19)4-6-16-13(18)20-11/h3-7H,1-2H2. The summed E-state index contributed by atoms with van der Waals surface area (Å²) in [6, 6.07) is 3.30. The van der Waals surface area contributed by atoms with Gasteiger partial charge in [0.05, 0.1) is 16.3 Å². The fraction of sp³-hybridized carbons (Fsp3) is 0.231. The van der Waals surface area contributed by atoms with Gasteiger partial charge in [-0.2, -0.15) is 0 Å². The Balaban J connectivity index is 2.07. The zero-order valence-corrected chi connectivity index (χ0v) is 11.9. The van der Waals surface area contributed by atoms with Gasteiger partial charge in [0, 0.05) is 24.4 Å². The second-order valence-electron chi connectivity index (χ2n) is 4.70. The average molecular weight is 305 g/mol. The van der Waals surface area contributed by atoms with E-state index in [0.29, 0.717) is 10.9 Å². The fourth-order valence-corrected chi connectivity index (χ4v) is 3.60. The molecule has 3 aromatic heterocycles. The van der Waals surface area contributed by atoms with E-state index in [1.807, 2.05) is 6.07 Å². The van der Waals surface area contributed by atoms with Crippen molar-refractivity contribution in [1.82, 2.24) is 19.4 Å². The Hall–Kier alpha value is -1.79. The predicted octanol–water partition coefficient (Wildman–Crippen LogP) is 2.74. The summed E-state index contributed by atoms with van der Waals surface area (Å²) in [5, 5.41) is 0.210. The van der Waals surface area contributed by atoms with Crippen molar-refractivity contribution in [2.45, 2.75) is 18.8 Å². The summed E-state index contributed by atoms with van der Waals surface area (Å²) in [6.07, 6.45) is 5.36. The smallest absolute Gasteiger partial charge is 0.258 e. The van der Waals surface area contributed by atoms with Crippen molar-refractivity contribution in [3.05, 3.63) is 45.9 Å². The Labute approximate surface area is 122 Å². The van der Waals surface area contributed by atoms with Crippen LogP contribution in [0.1, 0.15) is 24.5 Å². The number of fused-ring (bicyclic) bond motifs is 1. The van der Waals surface area contributed by atoms with Gasteiger partial charge in [-0.25, -0.2) is 15.0 Å². The maximum absolute atomic E-state index is 12.1. The molecule has 4 rings (SSSR count). The van der Waals surface area contributed by atoms with Gasteiger partial charge in [0.1, 0.15) is 0 Å². The van der Waals surface area contributed by atoms with Crippen molar-refractivity contribution in [3.63, 3.8) is 0 Å². The summed E-state index contributed by atoms with van der Waals surface area (Å²) >= 11 is 7.34. The number of thiazole rings is 1. The summed E-state index contributed by atoms with van der Waals surface area (Å²) in [6.45, 7) is 0. The third-order valence-electron chi connectivity index (χ3n) is 3.30. The first-order valence-corrected chi connectivity index (χ1v) is 7.43. The Kier molecular flexibility index (Phi) is 2.61. The van der Waals surface area contributed by atoms with Crippen LogP contribution in [-0.4, -0.2) is 19.4 Å². The summed E-state index contributed by atoms with van der Waals surface area (Å²) in [5.41, 5.74) is 1.72. The van der Waals surface area contributed by atoms with Crippen LogP contribution >= 0.6 is 22.9 Å². The van der Waals surface area contributed by atoms with E-state index in [1.54, 1.807) is 16.8 Å². The van der Waals surface area contributed by atoms with Crippen LogP contribution in [0.15, 0.2) is 29.3 Å². The molecule has 0 amide bonds. The second kappa shape index (κ2) is 4.36. The topological polar surface area (TPSA) is 60.2 Å². The van der Waals surface area contributed by atoms with Crippen LogP contribution in [0.25, 0.3) is 15.5 Å². The van der Waals surface area contributed by atoms with E-state index < -0.39 is 0 Å². The third-order valence-corrected chi connectivity index (χ3v) is 4.58. The van der Waals surface area contributed by atoms with E-state index >= 15 is 0 Å². The number of rotatable bonds is 2. The van der Waals surface area contributed by atoms with Gasteiger partial charge >= 0.3 is 0 Å². The van der Waals surface area contributed by atoms with Gasteiger partial charge in [0.15, 0.2) is 4.96 Å². The van der Waals surface area contributed by atoms with Crippen LogP contribution in [0.2, 0.25) is 5.28 Å². The van der Waals surface area contributed by atoms with Gasteiger partial charge in [-0.1, -0.05) is 11.3 Å². The number of hydrogen-bond donors (Lipinski definition) is 0. The van der Waals surface area contributed by atoms with E-state index in [4.69, 9.17) is 11.6 Å². The van der Waals surface area contributed by atoms with Crippen LogP contribution in [0, 0.1) is 0 Å². The molecular weight excluding hydrogens is 296 g/mol. The van der Waals surface area contributed by atoms with E-state index in [9.17, 15) is 4.79 Å². The van der Waals surface area contributed by atoms with Crippen molar-refractivity contribution < 1.29 is 0 Å². The number of halogens is 1. The molecule has 0 bridgehead atoms. The van der Waals surface area contributed by atoms with E-state index in [2.05, 4.69) is 15.0 Å². The zero-order valence-electron chi connectivity index (χ0n) is 10.3. The molecule has 0 unspecified atom stereocenters. The van der Waals surface area contributed by atoms with Crippen LogP contribution in [0.5, 0.6) is 0 Å². The Bertz CT molecular complexity index is 868.